The van der Waals surface area contributed by atoms with Gasteiger partial charge in [-0.1, -0.05) is 12.6 Å². The monoisotopic (exact) mass is 307 g/mol. The van der Waals surface area contributed by atoms with Crippen LogP contribution in [-0.2, 0) is 11.3 Å². The maximum atomic E-state index is 11.9. The average molecular weight is 307 g/mol. The molecular formula is C17H27N2O3+. The summed E-state index contributed by atoms with van der Waals surface area (Å²) in [5.41, 5.74) is 0.715. The van der Waals surface area contributed by atoms with Crippen LogP contribution in [0.5, 0.6) is 11.5 Å². The molecule has 0 bridgehead atoms. The number of hydrogen-bond donors (Lipinski definition) is 2. The van der Waals surface area contributed by atoms with Gasteiger partial charge < -0.3 is 20.1 Å². The Balaban J connectivity index is 2.77. The first-order valence-electron chi connectivity index (χ1n) is 7.39. The molecule has 0 saturated carbocycles. The Morgan fingerprint density at radius 2 is 2.14 bits per heavy atom. The normalized spacial score (nSPS) is 10.9. The Hall–Kier alpha value is -2.01. The SMILES string of the molecule is C=CC[NH2+]Cc1cccc(OC)c1OCC(=O)NC(C)(C)C. The van der Waals surface area contributed by atoms with Crippen molar-refractivity contribution in [3.63, 3.8) is 0 Å². The third-order valence-corrected chi connectivity index (χ3v) is 2.84. The summed E-state index contributed by atoms with van der Waals surface area (Å²) in [5, 5.41) is 4.97. The van der Waals surface area contributed by atoms with E-state index in [9.17, 15) is 4.79 Å². The zero-order chi connectivity index (χ0) is 16.6. The molecule has 122 valence electrons. The summed E-state index contributed by atoms with van der Waals surface area (Å²) in [7, 11) is 1.59. The number of hydrogen-bond acceptors (Lipinski definition) is 3. The zero-order valence-electron chi connectivity index (χ0n) is 13.9. The van der Waals surface area contributed by atoms with Crippen molar-refractivity contribution in [1.29, 1.82) is 0 Å². The van der Waals surface area contributed by atoms with Crippen LogP contribution in [0.3, 0.4) is 0 Å². The van der Waals surface area contributed by atoms with Crippen LogP contribution >= 0.6 is 0 Å². The van der Waals surface area contributed by atoms with Gasteiger partial charge in [-0.3, -0.25) is 4.79 Å². The highest BCUT2D eigenvalue weighted by Gasteiger charge is 2.17. The van der Waals surface area contributed by atoms with Crippen molar-refractivity contribution in [3.8, 4) is 11.5 Å². The third-order valence-electron chi connectivity index (χ3n) is 2.84. The Morgan fingerprint density at radius 1 is 1.41 bits per heavy atom. The van der Waals surface area contributed by atoms with Gasteiger partial charge in [0.2, 0.25) is 0 Å². The molecule has 5 nitrogen and oxygen atoms in total. The highest BCUT2D eigenvalue weighted by molar-refractivity contribution is 5.78. The minimum Gasteiger partial charge on any atom is -0.493 e. The van der Waals surface area contributed by atoms with Gasteiger partial charge in [0.25, 0.3) is 5.91 Å². The first-order chi connectivity index (χ1) is 10.4. The second-order valence-corrected chi connectivity index (χ2v) is 6.05. The minimum atomic E-state index is -0.276. The van der Waals surface area contributed by atoms with Crippen LogP contribution in [0, 0.1) is 0 Å². The van der Waals surface area contributed by atoms with Crippen LogP contribution in [0.2, 0.25) is 0 Å². The van der Waals surface area contributed by atoms with E-state index in [2.05, 4.69) is 17.2 Å². The molecule has 0 fully saturated rings. The minimum absolute atomic E-state index is 0.0356. The highest BCUT2D eigenvalue weighted by Crippen LogP contribution is 2.30. The summed E-state index contributed by atoms with van der Waals surface area (Å²) in [6, 6.07) is 5.71. The van der Waals surface area contributed by atoms with E-state index in [1.807, 2.05) is 45.0 Å². The first-order valence-corrected chi connectivity index (χ1v) is 7.39. The van der Waals surface area contributed by atoms with Crippen molar-refractivity contribution in [3.05, 3.63) is 36.4 Å². The van der Waals surface area contributed by atoms with Crippen molar-refractivity contribution in [2.45, 2.75) is 32.9 Å². The Morgan fingerprint density at radius 3 is 2.73 bits per heavy atom. The van der Waals surface area contributed by atoms with E-state index in [1.165, 1.54) is 0 Å². The summed E-state index contributed by atoms with van der Waals surface area (Å²) in [6.07, 6.45) is 1.84. The highest BCUT2D eigenvalue weighted by atomic mass is 16.5. The zero-order valence-corrected chi connectivity index (χ0v) is 13.9. The van der Waals surface area contributed by atoms with Crippen LogP contribution < -0.4 is 20.1 Å². The molecule has 0 atom stereocenters. The molecule has 0 radical (unpaired) electrons. The van der Waals surface area contributed by atoms with Gasteiger partial charge in [-0.25, -0.2) is 0 Å². The summed E-state index contributed by atoms with van der Waals surface area (Å²) in [5.74, 6) is 1.10. The quantitative estimate of drug-likeness (QED) is 0.561. The second-order valence-electron chi connectivity index (χ2n) is 6.05. The first kappa shape index (κ1) is 18.0. The number of ether oxygens (including phenoxy) is 2. The number of carbonyl (C=O) groups is 1. The summed E-state index contributed by atoms with van der Waals surface area (Å²) in [4.78, 5) is 11.9. The molecule has 1 aromatic rings. The molecule has 0 heterocycles. The van der Waals surface area contributed by atoms with Crippen molar-refractivity contribution in [2.75, 3.05) is 20.3 Å². The van der Waals surface area contributed by atoms with Crippen molar-refractivity contribution < 1.29 is 19.6 Å². The van der Waals surface area contributed by atoms with E-state index in [1.54, 1.807) is 7.11 Å². The Kier molecular flexibility index (Phi) is 6.92. The fraction of sp³-hybridized carbons (Fsp3) is 0.471. The van der Waals surface area contributed by atoms with Crippen LogP contribution in [0.4, 0.5) is 0 Å². The largest absolute Gasteiger partial charge is 0.493 e. The van der Waals surface area contributed by atoms with Crippen LogP contribution in [0.1, 0.15) is 26.3 Å². The molecule has 0 unspecified atom stereocenters. The molecule has 1 aromatic carbocycles. The summed E-state index contributed by atoms with van der Waals surface area (Å²) in [6.45, 7) is 11.0. The Bertz CT molecular complexity index is 507. The molecule has 0 aliphatic heterocycles. The van der Waals surface area contributed by atoms with E-state index in [0.717, 1.165) is 18.7 Å². The fourth-order valence-corrected chi connectivity index (χ4v) is 2.00. The van der Waals surface area contributed by atoms with Crippen molar-refractivity contribution in [2.24, 2.45) is 0 Å². The number of quaternary nitrogens is 1. The van der Waals surface area contributed by atoms with Gasteiger partial charge in [-0.05, 0) is 39.0 Å². The molecule has 3 N–H and O–H groups in total. The molecule has 5 heteroatoms. The van der Waals surface area contributed by atoms with Crippen molar-refractivity contribution in [1.82, 2.24) is 5.32 Å². The lowest BCUT2D eigenvalue weighted by atomic mass is 10.1. The standard InChI is InChI=1S/C17H26N2O3/c1-6-10-18-11-13-8-7-9-14(21-5)16(13)22-12-15(20)19-17(2,3)4/h6-9,18H,1,10-12H2,2-5H3,(H,19,20)/p+1. The van der Waals surface area contributed by atoms with E-state index in [-0.39, 0.29) is 18.1 Å². The van der Waals surface area contributed by atoms with Gasteiger partial charge >= 0.3 is 0 Å². The van der Waals surface area contributed by atoms with Gasteiger partial charge in [-0.2, -0.15) is 0 Å². The molecular weight excluding hydrogens is 280 g/mol. The lowest BCUT2D eigenvalue weighted by Gasteiger charge is -2.21. The topological polar surface area (TPSA) is 64.2 Å². The number of methoxy groups -OCH3 is 1. The van der Waals surface area contributed by atoms with Crippen LogP contribution in [-0.4, -0.2) is 31.7 Å². The summed E-state index contributed by atoms with van der Waals surface area (Å²) >= 11 is 0. The number of carbonyl (C=O) groups excluding carboxylic acids is 1. The van der Waals surface area contributed by atoms with E-state index in [4.69, 9.17) is 9.47 Å². The van der Waals surface area contributed by atoms with Gasteiger partial charge in [-0.15, -0.1) is 0 Å². The molecule has 0 saturated heterocycles. The van der Waals surface area contributed by atoms with E-state index < -0.39 is 0 Å². The average Bonchev–Trinajstić information content (AvgIpc) is 2.44. The molecule has 0 aliphatic rings. The fourth-order valence-electron chi connectivity index (χ4n) is 2.00. The molecule has 22 heavy (non-hydrogen) atoms. The van der Waals surface area contributed by atoms with Gasteiger partial charge in [0.1, 0.15) is 6.54 Å². The number of rotatable bonds is 8. The van der Waals surface area contributed by atoms with Gasteiger partial charge in [0, 0.05) is 5.54 Å². The number of para-hydroxylation sites is 1. The van der Waals surface area contributed by atoms with Gasteiger partial charge in [0.05, 0.1) is 19.2 Å². The van der Waals surface area contributed by atoms with E-state index >= 15 is 0 Å². The maximum absolute atomic E-state index is 11.9. The van der Waals surface area contributed by atoms with Crippen LogP contribution in [0.15, 0.2) is 30.9 Å². The molecule has 0 aliphatic carbocycles. The predicted molar refractivity (Wildman–Crippen MR) is 87.1 cm³/mol. The smallest absolute Gasteiger partial charge is 0.258 e. The van der Waals surface area contributed by atoms with Gasteiger partial charge in [0.15, 0.2) is 18.1 Å². The molecule has 0 spiro atoms. The maximum Gasteiger partial charge on any atom is 0.258 e. The molecule has 0 aromatic heterocycles. The lowest BCUT2D eigenvalue weighted by Crippen LogP contribution is -2.82. The van der Waals surface area contributed by atoms with Crippen LogP contribution in [0.25, 0.3) is 0 Å². The number of benzene rings is 1. The van der Waals surface area contributed by atoms with E-state index in [0.29, 0.717) is 11.5 Å². The number of nitrogens with one attached hydrogen (secondary N) is 1. The predicted octanol–water partition coefficient (Wildman–Crippen LogP) is 1.24. The lowest BCUT2D eigenvalue weighted by molar-refractivity contribution is -0.662. The second kappa shape index (κ2) is 8.44. The molecule has 1 rings (SSSR count). The summed E-state index contributed by atoms with van der Waals surface area (Å²) < 4.78 is 11.0. The molecule has 1 amide bonds. The number of amides is 1. The number of nitrogens with two attached hydrogens (primary N) is 1. The Labute approximate surface area is 132 Å². The third kappa shape index (κ3) is 6.18. The van der Waals surface area contributed by atoms with Crippen molar-refractivity contribution >= 4 is 5.91 Å².